The second kappa shape index (κ2) is 7.83. The molecule has 1 aromatic carbocycles. The molecule has 0 radical (unpaired) electrons. The summed E-state index contributed by atoms with van der Waals surface area (Å²) in [4.78, 5) is 12.5. The van der Waals surface area contributed by atoms with Crippen molar-refractivity contribution < 1.29 is 13.2 Å². The van der Waals surface area contributed by atoms with Crippen LogP contribution in [-0.2, 0) is 21.4 Å². The summed E-state index contributed by atoms with van der Waals surface area (Å²) in [7, 11) is -3.83. The van der Waals surface area contributed by atoms with Crippen molar-refractivity contribution in [3.63, 3.8) is 0 Å². The minimum atomic E-state index is -3.83. The molecule has 2 aromatic rings. The molecule has 1 aliphatic carbocycles. The Hall–Kier alpha value is -2.17. The van der Waals surface area contributed by atoms with Crippen molar-refractivity contribution in [2.24, 2.45) is 5.14 Å². The van der Waals surface area contributed by atoms with Crippen molar-refractivity contribution in [3.8, 4) is 0 Å². The van der Waals surface area contributed by atoms with Crippen LogP contribution in [0.2, 0.25) is 0 Å². The number of hydrogen-bond donors (Lipinski definition) is 2. The zero-order valence-corrected chi connectivity index (χ0v) is 16.5. The highest BCUT2D eigenvalue weighted by Crippen LogP contribution is 2.40. The van der Waals surface area contributed by atoms with E-state index in [1.54, 1.807) is 19.1 Å². The van der Waals surface area contributed by atoms with Gasteiger partial charge in [0.15, 0.2) is 5.16 Å². The molecule has 27 heavy (non-hydrogen) atoms. The van der Waals surface area contributed by atoms with Crippen LogP contribution in [0, 0.1) is 0 Å². The summed E-state index contributed by atoms with van der Waals surface area (Å²) in [6.07, 6.45) is 4.00. The second-order valence-electron chi connectivity index (χ2n) is 6.34. The van der Waals surface area contributed by atoms with E-state index in [-0.39, 0.29) is 10.8 Å². The summed E-state index contributed by atoms with van der Waals surface area (Å²) in [6.45, 7) is 6.12. The number of benzene rings is 1. The standard InChI is InChI=1S/C17H21N5O3S2/c1-3-9-22-15(12-7-8-12)20-21-17(22)26-11(2)16(23)19-13-5-4-6-14(10-13)27(18,24)25/h3-6,10-12H,1,7-9H2,2H3,(H,19,23)(H2,18,24,25). The van der Waals surface area contributed by atoms with E-state index in [9.17, 15) is 13.2 Å². The van der Waals surface area contributed by atoms with Gasteiger partial charge in [0.05, 0.1) is 10.1 Å². The molecular weight excluding hydrogens is 386 g/mol. The lowest BCUT2D eigenvalue weighted by Gasteiger charge is -2.13. The van der Waals surface area contributed by atoms with Gasteiger partial charge in [0.2, 0.25) is 15.9 Å². The van der Waals surface area contributed by atoms with E-state index < -0.39 is 15.3 Å². The third-order valence-corrected chi connectivity index (χ3v) is 6.07. The minimum Gasteiger partial charge on any atom is -0.325 e. The van der Waals surface area contributed by atoms with Gasteiger partial charge in [-0.2, -0.15) is 0 Å². The highest BCUT2D eigenvalue weighted by molar-refractivity contribution is 8.00. The van der Waals surface area contributed by atoms with Crippen molar-refractivity contribution in [3.05, 3.63) is 42.7 Å². The predicted molar refractivity (Wildman–Crippen MR) is 104 cm³/mol. The Bertz CT molecular complexity index is 967. The van der Waals surface area contributed by atoms with E-state index in [1.807, 2.05) is 4.57 Å². The van der Waals surface area contributed by atoms with Gasteiger partial charge in [-0.25, -0.2) is 13.6 Å². The van der Waals surface area contributed by atoms with E-state index in [4.69, 9.17) is 5.14 Å². The first-order valence-electron chi connectivity index (χ1n) is 8.44. The Balaban J connectivity index is 1.71. The predicted octanol–water partition coefficient (Wildman–Crippen LogP) is 2.11. The molecule has 8 nitrogen and oxygen atoms in total. The molecule has 3 rings (SSSR count). The van der Waals surface area contributed by atoms with Crippen LogP contribution in [0.5, 0.6) is 0 Å². The first kappa shape index (κ1) is 19.6. The van der Waals surface area contributed by atoms with Crippen LogP contribution in [-0.4, -0.2) is 34.3 Å². The average molecular weight is 408 g/mol. The van der Waals surface area contributed by atoms with Crippen molar-refractivity contribution in [1.82, 2.24) is 14.8 Å². The summed E-state index contributed by atoms with van der Waals surface area (Å²) in [6, 6.07) is 5.83. The van der Waals surface area contributed by atoms with Gasteiger partial charge >= 0.3 is 0 Å². The first-order valence-corrected chi connectivity index (χ1v) is 10.9. The number of amides is 1. The molecule has 1 aliphatic rings. The number of aromatic nitrogens is 3. The smallest absolute Gasteiger partial charge is 0.238 e. The van der Waals surface area contributed by atoms with Crippen LogP contribution in [0.4, 0.5) is 5.69 Å². The zero-order chi connectivity index (χ0) is 19.6. The van der Waals surface area contributed by atoms with Crippen LogP contribution in [0.3, 0.4) is 0 Å². The Labute approximate surface area is 162 Å². The molecule has 1 saturated carbocycles. The lowest BCUT2D eigenvalue weighted by Crippen LogP contribution is -2.23. The summed E-state index contributed by atoms with van der Waals surface area (Å²) in [5, 5.41) is 16.5. The van der Waals surface area contributed by atoms with E-state index in [1.165, 1.54) is 30.0 Å². The maximum atomic E-state index is 12.5. The van der Waals surface area contributed by atoms with Gasteiger partial charge in [0.25, 0.3) is 0 Å². The minimum absolute atomic E-state index is 0.0552. The largest absolute Gasteiger partial charge is 0.325 e. The number of nitrogens with two attached hydrogens (primary N) is 1. The van der Waals surface area contributed by atoms with E-state index in [0.29, 0.717) is 23.3 Å². The number of anilines is 1. The van der Waals surface area contributed by atoms with Crippen molar-refractivity contribution in [2.75, 3.05) is 5.32 Å². The summed E-state index contributed by atoms with van der Waals surface area (Å²) in [5.74, 6) is 1.11. The fourth-order valence-corrected chi connectivity index (χ4v) is 3.96. The van der Waals surface area contributed by atoms with Gasteiger partial charge in [-0.05, 0) is 38.0 Å². The topological polar surface area (TPSA) is 120 Å². The van der Waals surface area contributed by atoms with E-state index in [2.05, 4.69) is 22.1 Å². The Kier molecular flexibility index (Phi) is 5.68. The maximum absolute atomic E-state index is 12.5. The quantitative estimate of drug-likeness (QED) is 0.511. The molecule has 0 saturated heterocycles. The van der Waals surface area contributed by atoms with E-state index in [0.717, 1.165) is 18.7 Å². The van der Waals surface area contributed by atoms with Crippen LogP contribution < -0.4 is 10.5 Å². The van der Waals surface area contributed by atoms with Gasteiger partial charge < -0.3 is 9.88 Å². The molecule has 1 fully saturated rings. The number of rotatable bonds is 8. The molecule has 1 unspecified atom stereocenters. The summed E-state index contributed by atoms with van der Waals surface area (Å²) < 4.78 is 24.9. The Morgan fingerprint density at radius 1 is 1.48 bits per heavy atom. The number of nitrogens with one attached hydrogen (secondary N) is 1. The van der Waals surface area contributed by atoms with Crippen LogP contribution in [0.25, 0.3) is 0 Å². The number of hydrogen-bond acceptors (Lipinski definition) is 6. The van der Waals surface area contributed by atoms with Crippen molar-refractivity contribution >= 4 is 33.4 Å². The molecule has 144 valence electrons. The third-order valence-electron chi connectivity index (χ3n) is 4.08. The summed E-state index contributed by atoms with van der Waals surface area (Å²) >= 11 is 1.30. The fourth-order valence-electron chi connectivity index (χ4n) is 2.54. The number of thioether (sulfide) groups is 1. The molecule has 10 heteroatoms. The molecule has 1 heterocycles. The van der Waals surface area contributed by atoms with Gasteiger partial charge in [0, 0.05) is 18.2 Å². The lowest BCUT2D eigenvalue weighted by molar-refractivity contribution is -0.115. The number of carbonyl (C=O) groups is 1. The molecule has 1 aromatic heterocycles. The monoisotopic (exact) mass is 407 g/mol. The zero-order valence-electron chi connectivity index (χ0n) is 14.8. The Morgan fingerprint density at radius 2 is 2.22 bits per heavy atom. The molecule has 3 N–H and O–H groups in total. The number of sulfonamides is 1. The SMILES string of the molecule is C=CCn1c(SC(C)C(=O)Nc2cccc(S(N)(=O)=O)c2)nnc1C1CC1. The lowest BCUT2D eigenvalue weighted by atomic mass is 10.3. The third kappa shape index (κ3) is 4.76. The number of allylic oxidation sites excluding steroid dienone is 1. The normalized spacial score (nSPS) is 15.3. The first-order chi connectivity index (χ1) is 12.8. The molecule has 0 spiro atoms. The molecule has 0 bridgehead atoms. The van der Waals surface area contributed by atoms with Crippen LogP contribution in [0.1, 0.15) is 31.5 Å². The van der Waals surface area contributed by atoms with Gasteiger partial charge in [-0.15, -0.1) is 16.8 Å². The number of nitrogens with zero attached hydrogens (tertiary/aromatic N) is 3. The maximum Gasteiger partial charge on any atom is 0.238 e. The second-order valence-corrected chi connectivity index (χ2v) is 9.21. The molecular formula is C17H21N5O3S2. The highest BCUT2D eigenvalue weighted by Gasteiger charge is 2.31. The fraction of sp³-hybridized carbons (Fsp3) is 0.353. The van der Waals surface area contributed by atoms with Crippen molar-refractivity contribution in [2.45, 2.75) is 47.5 Å². The average Bonchev–Trinajstić information content (AvgIpc) is 3.38. The van der Waals surface area contributed by atoms with Gasteiger partial charge in [0.1, 0.15) is 5.82 Å². The van der Waals surface area contributed by atoms with Crippen LogP contribution in [0.15, 0.2) is 47.0 Å². The molecule has 1 amide bonds. The van der Waals surface area contributed by atoms with Crippen LogP contribution >= 0.6 is 11.8 Å². The van der Waals surface area contributed by atoms with E-state index >= 15 is 0 Å². The summed E-state index contributed by atoms with van der Waals surface area (Å²) in [5.41, 5.74) is 0.366. The molecule has 0 aliphatic heterocycles. The molecule has 1 atom stereocenters. The Morgan fingerprint density at radius 3 is 2.85 bits per heavy atom. The number of carbonyl (C=O) groups excluding carboxylic acids is 1. The van der Waals surface area contributed by atoms with Gasteiger partial charge in [-0.3, -0.25) is 4.79 Å². The van der Waals surface area contributed by atoms with Gasteiger partial charge in [-0.1, -0.05) is 23.9 Å². The van der Waals surface area contributed by atoms with Crippen molar-refractivity contribution in [1.29, 1.82) is 0 Å². The highest BCUT2D eigenvalue weighted by atomic mass is 32.2. The number of primary sulfonamides is 1.